The summed E-state index contributed by atoms with van der Waals surface area (Å²) in [5.41, 5.74) is 0. The van der Waals surface area contributed by atoms with E-state index in [2.05, 4.69) is 19.2 Å². The van der Waals surface area contributed by atoms with Gasteiger partial charge in [0.15, 0.2) is 0 Å². The molecule has 0 aliphatic heterocycles. The third-order valence-electron chi connectivity index (χ3n) is 2.91. The molecule has 2 aliphatic rings. The van der Waals surface area contributed by atoms with Gasteiger partial charge in [0.25, 0.3) is 0 Å². The molecule has 2 aliphatic carbocycles. The van der Waals surface area contributed by atoms with Crippen LogP contribution in [0, 0.1) is 11.8 Å². The maximum atomic E-state index is 2.59. The van der Waals surface area contributed by atoms with Gasteiger partial charge in [0.05, 0.1) is 8.80 Å². The molecule has 0 heterocycles. The first-order valence-electron chi connectivity index (χ1n) is 4.29. The number of hydrogen-bond donors (Lipinski definition) is 0. The molecule has 0 aromatic heterocycles. The Morgan fingerprint density at radius 2 is 2.20 bits per heavy atom. The maximum absolute atomic E-state index is 2.59. The van der Waals surface area contributed by atoms with E-state index in [1.165, 1.54) is 19.3 Å². The first-order valence-corrected chi connectivity index (χ1v) is 6.79. The number of rotatable bonds is 1. The average Bonchev–Trinajstić information content (AvgIpc) is 2.44. The Hall–Kier alpha value is -0.0431. The van der Waals surface area contributed by atoms with Crippen LogP contribution in [0.15, 0.2) is 11.3 Å². The molecule has 2 atom stereocenters. The Bertz CT molecular complexity index is 170. The largest absolute Gasteiger partial charge is 0.0860 e. The highest BCUT2D eigenvalue weighted by Gasteiger charge is 2.33. The van der Waals surface area contributed by atoms with E-state index in [1.54, 1.807) is 0 Å². The molecule has 0 spiro atoms. The van der Waals surface area contributed by atoms with Crippen molar-refractivity contribution in [1.29, 1.82) is 0 Å². The molecule has 55 valence electrons. The van der Waals surface area contributed by atoms with Crippen molar-refractivity contribution in [2.75, 3.05) is 0 Å². The topological polar surface area (TPSA) is 0 Å². The van der Waals surface area contributed by atoms with Crippen molar-refractivity contribution in [1.82, 2.24) is 0 Å². The van der Waals surface area contributed by atoms with Gasteiger partial charge in [-0.3, -0.25) is 0 Å². The van der Waals surface area contributed by atoms with E-state index >= 15 is 0 Å². The average molecular weight is 151 g/mol. The summed E-state index contributed by atoms with van der Waals surface area (Å²) in [6, 6.07) is 0. The van der Waals surface area contributed by atoms with E-state index in [0.717, 1.165) is 11.8 Å². The lowest BCUT2D eigenvalue weighted by atomic mass is 10.1. The van der Waals surface area contributed by atoms with E-state index < -0.39 is 0 Å². The maximum Gasteiger partial charge on any atom is 0.0736 e. The first-order chi connectivity index (χ1) is 4.77. The van der Waals surface area contributed by atoms with E-state index in [-0.39, 0.29) is 8.80 Å². The van der Waals surface area contributed by atoms with Gasteiger partial charge in [-0.2, -0.15) is 0 Å². The van der Waals surface area contributed by atoms with Crippen molar-refractivity contribution in [2.45, 2.75) is 32.4 Å². The molecule has 0 saturated heterocycles. The van der Waals surface area contributed by atoms with Gasteiger partial charge in [-0.25, -0.2) is 0 Å². The van der Waals surface area contributed by atoms with Crippen molar-refractivity contribution >= 4 is 8.80 Å². The molecule has 1 heteroatoms. The van der Waals surface area contributed by atoms with Crippen LogP contribution in [0.3, 0.4) is 0 Å². The Kier molecular flexibility index (Phi) is 1.48. The third-order valence-corrected chi connectivity index (χ3v) is 4.64. The van der Waals surface area contributed by atoms with Crippen molar-refractivity contribution in [3.8, 4) is 0 Å². The Morgan fingerprint density at radius 3 is 2.50 bits per heavy atom. The van der Waals surface area contributed by atoms with Gasteiger partial charge in [0, 0.05) is 0 Å². The lowest BCUT2D eigenvalue weighted by Crippen LogP contribution is -2.12. The molecule has 2 unspecified atom stereocenters. The molecule has 2 rings (SSSR count). The lowest BCUT2D eigenvalue weighted by molar-refractivity contribution is 0.681. The standard InChI is InChI=1S/C9H15Si/c1-10(2)9-6-7-3-4-8(9)5-7/h6-8H,3-5H2,1-2H3. The fourth-order valence-electron chi connectivity index (χ4n) is 2.42. The molecule has 2 bridgehead atoms. The minimum Gasteiger partial charge on any atom is -0.0860 e. The van der Waals surface area contributed by atoms with Crippen LogP contribution in [0.25, 0.3) is 0 Å². The summed E-state index contributed by atoms with van der Waals surface area (Å²) in [4.78, 5) is 0. The van der Waals surface area contributed by atoms with Crippen molar-refractivity contribution in [3.63, 3.8) is 0 Å². The predicted octanol–water partition coefficient (Wildman–Crippen LogP) is 2.64. The van der Waals surface area contributed by atoms with Gasteiger partial charge < -0.3 is 0 Å². The molecule has 0 N–H and O–H groups in total. The van der Waals surface area contributed by atoms with Gasteiger partial charge >= 0.3 is 0 Å². The van der Waals surface area contributed by atoms with Gasteiger partial charge in [-0.05, 0) is 31.1 Å². The van der Waals surface area contributed by atoms with Crippen LogP contribution in [0.5, 0.6) is 0 Å². The minimum absolute atomic E-state index is 0.0811. The summed E-state index contributed by atoms with van der Waals surface area (Å²) in [5.74, 6) is 2.04. The molecule has 0 nitrogen and oxygen atoms in total. The predicted molar refractivity (Wildman–Crippen MR) is 46.4 cm³/mol. The monoisotopic (exact) mass is 151 g/mol. The SMILES string of the molecule is C[Si](C)C1=CC2CCC1C2. The normalized spacial score (nSPS) is 37.3. The second-order valence-corrected chi connectivity index (χ2v) is 6.47. The zero-order valence-electron chi connectivity index (χ0n) is 6.85. The third kappa shape index (κ3) is 0.877. The fraction of sp³-hybridized carbons (Fsp3) is 0.778. The van der Waals surface area contributed by atoms with Crippen molar-refractivity contribution in [2.24, 2.45) is 11.8 Å². The minimum atomic E-state index is -0.0811. The van der Waals surface area contributed by atoms with Crippen LogP contribution in [0.1, 0.15) is 19.3 Å². The van der Waals surface area contributed by atoms with Gasteiger partial charge in [0.1, 0.15) is 0 Å². The lowest BCUT2D eigenvalue weighted by Gasteiger charge is -2.14. The molecule has 1 saturated carbocycles. The van der Waals surface area contributed by atoms with Crippen LogP contribution >= 0.6 is 0 Å². The van der Waals surface area contributed by atoms with E-state index in [0.29, 0.717) is 0 Å². The van der Waals surface area contributed by atoms with Gasteiger partial charge in [-0.1, -0.05) is 24.4 Å². The summed E-state index contributed by atoms with van der Waals surface area (Å²) >= 11 is 0. The summed E-state index contributed by atoms with van der Waals surface area (Å²) in [7, 11) is -0.0811. The van der Waals surface area contributed by atoms with E-state index in [9.17, 15) is 0 Å². The second-order valence-electron chi connectivity index (χ2n) is 3.89. The van der Waals surface area contributed by atoms with E-state index in [4.69, 9.17) is 0 Å². The smallest absolute Gasteiger partial charge is 0.0736 e. The van der Waals surface area contributed by atoms with E-state index in [1.807, 2.05) is 5.20 Å². The number of allylic oxidation sites excluding steroid dienone is 2. The zero-order chi connectivity index (χ0) is 7.14. The molecule has 0 amide bonds. The quantitative estimate of drug-likeness (QED) is 0.505. The van der Waals surface area contributed by atoms with Crippen molar-refractivity contribution < 1.29 is 0 Å². The van der Waals surface area contributed by atoms with Crippen LogP contribution in [-0.2, 0) is 0 Å². The molecule has 1 fully saturated rings. The molecular weight excluding hydrogens is 136 g/mol. The highest BCUT2D eigenvalue weighted by molar-refractivity contribution is 6.64. The highest BCUT2D eigenvalue weighted by Crippen LogP contribution is 2.44. The Balaban J connectivity index is 2.17. The fourth-order valence-corrected chi connectivity index (χ4v) is 4.06. The van der Waals surface area contributed by atoms with Crippen LogP contribution in [-0.4, -0.2) is 8.80 Å². The molecule has 10 heavy (non-hydrogen) atoms. The second kappa shape index (κ2) is 2.23. The van der Waals surface area contributed by atoms with Crippen LogP contribution < -0.4 is 0 Å². The zero-order valence-corrected chi connectivity index (χ0v) is 7.85. The Labute approximate surface area is 64.9 Å². The summed E-state index contributed by atoms with van der Waals surface area (Å²) in [6.45, 7) is 4.86. The summed E-state index contributed by atoms with van der Waals surface area (Å²) in [6.07, 6.45) is 7.09. The van der Waals surface area contributed by atoms with Crippen LogP contribution in [0.4, 0.5) is 0 Å². The van der Waals surface area contributed by atoms with Gasteiger partial charge in [0.2, 0.25) is 0 Å². The number of fused-ring (bicyclic) bond motifs is 2. The summed E-state index contributed by atoms with van der Waals surface area (Å²) in [5, 5.41) is 1.86. The molecule has 1 radical (unpaired) electrons. The van der Waals surface area contributed by atoms with Gasteiger partial charge in [-0.15, -0.1) is 0 Å². The van der Waals surface area contributed by atoms with Crippen LogP contribution in [0.2, 0.25) is 13.1 Å². The van der Waals surface area contributed by atoms with Crippen molar-refractivity contribution in [3.05, 3.63) is 11.3 Å². The molecular formula is C9H15Si. The Morgan fingerprint density at radius 1 is 1.40 bits per heavy atom. The number of hydrogen-bond acceptors (Lipinski definition) is 0. The first kappa shape index (κ1) is 6.65. The summed E-state index contributed by atoms with van der Waals surface area (Å²) < 4.78 is 0. The molecule has 0 aromatic rings. The highest BCUT2D eigenvalue weighted by atomic mass is 28.3. The molecule has 0 aromatic carbocycles.